The zero-order valence-electron chi connectivity index (χ0n) is 16.9. The fourth-order valence-corrected chi connectivity index (χ4v) is 4.56. The third-order valence-electron chi connectivity index (χ3n) is 6.05. The van der Waals surface area contributed by atoms with Crippen LogP contribution in [0.25, 0.3) is 0 Å². The Kier molecular flexibility index (Phi) is 5.68. The molecule has 2 fully saturated rings. The van der Waals surface area contributed by atoms with Crippen LogP contribution in [0.5, 0.6) is 0 Å². The molecule has 3 atom stereocenters. The van der Waals surface area contributed by atoms with Crippen LogP contribution in [-0.4, -0.2) is 71.8 Å². The van der Waals surface area contributed by atoms with Crippen molar-refractivity contribution in [3.63, 3.8) is 0 Å². The van der Waals surface area contributed by atoms with Crippen LogP contribution in [-0.2, 0) is 20.9 Å². The number of likely N-dealkylation sites (tertiary alicyclic amines) is 1. The second-order valence-corrected chi connectivity index (χ2v) is 8.01. The standard InChI is InChI=1S/C21H26N4O5/c1-2-30-17-11-24(10-13(17)8-22)9-12-3-4-14-15(7-12)21(29)25(20(14)28)16-5-6-18(26)23-19(16)27/h3-4,7,13,16-17H,2,5-6,8-11,22H2,1H3,(H,23,26,27)/t13-,16?,17-/m1/s1. The van der Waals surface area contributed by atoms with Gasteiger partial charge in [-0.2, -0.15) is 0 Å². The molecule has 1 unspecified atom stereocenters. The van der Waals surface area contributed by atoms with Crippen LogP contribution in [0.4, 0.5) is 0 Å². The molecule has 0 radical (unpaired) electrons. The summed E-state index contributed by atoms with van der Waals surface area (Å²) in [5.41, 5.74) is 7.38. The van der Waals surface area contributed by atoms with Gasteiger partial charge in [-0.05, 0) is 37.6 Å². The summed E-state index contributed by atoms with van der Waals surface area (Å²) >= 11 is 0. The molecule has 4 amide bonds. The molecular weight excluding hydrogens is 388 g/mol. The molecular formula is C21H26N4O5. The van der Waals surface area contributed by atoms with E-state index in [1.165, 1.54) is 0 Å². The van der Waals surface area contributed by atoms with Gasteiger partial charge in [0.1, 0.15) is 6.04 Å². The first kappa shape index (κ1) is 20.6. The Morgan fingerprint density at radius 1 is 1.13 bits per heavy atom. The lowest BCUT2D eigenvalue weighted by molar-refractivity contribution is -0.136. The number of carbonyl (C=O) groups excluding carboxylic acids is 4. The SMILES string of the molecule is CCO[C@@H]1CN(Cc2ccc3c(c2)C(=O)N(C2CCC(=O)NC2=O)C3=O)C[C@H]1CN. The molecule has 3 aliphatic rings. The number of piperidine rings is 1. The van der Waals surface area contributed by atoms with Crippen LogP contribution in [0.3, 0.4) is 0 Å². The molecule has 0 aromatic heterocycles. The normalized spacial score (nSPS) is 27.0. The second-order valence-electron chi connectivity index (χ2n) is 8.01. The molecule has 1 aromatic carbocycles. The minimum Gasteiger partial charge on any atom is -0.377 e. The number of hydrogen-bond donors (Lipinski definition) is 2. The Morgan fingerprint density at radius 3 is 2.60 bits per heavy atom. The Morgan fingerprint density at radius 2 is 1.90 bits per heavy atom. The smallest absolute Gasteiger partial charge is 0.262 e. The number of nitrogens with zero attached hydrogens (tertiary/aromatic N) is 2. The van der Waals surface area contributed by atoms with Crippen LogP contribution >= 0.6 is 0 Å². The zero-order chi connectivity index (χ0) is 21.4. The summed E-state index contributed by atoms with van der Waals surface area (Å²) < 4.78 is 5.79. The summed E-state index contributed by atoms with van der Waals surface area (Å²) in [7, 11) is 0. The average molecular weight is 414 g/mol. The summed E-state index contributed by atoms with van der Waals surface area (Å²) in [6.07, 6.45) is 0.351. The van der Waals surface area contributed by atoms with Crippen molar-refractivity contribution in [3.05, 3.63) is 34.9 Å². The summed E-state index contributed by atoms with van der Waals surface area (Å²) in [6, 6.07) is 4.26. The highest BCUT2D eigenvalue weighted by atomic mass is 16.5. The van der Waals surface area contributed by atoms with Crippen molar-refractivity contribution >= 4 is 23.6 Å². The first-order chi connectivity index (χ1) is 14.4. The number of nitrogens with two attached hydrogens (primary N) is 1. The number of rotatable bonds is 6. The first-order valence-electron chi connectivity index (χ1n) is 10.3. The molecule has 2 saturated heterocycles. The Balaban J connectivity index is 1.50. The predicted octanol–water partition coefficient (Wildman–Crippen LogP) is -0.117. The minimum absolute atomic E-state index is 0.0978. The van der Waals surface area contributed by atoms with Gasteiger partial charge >= 0.3 is 0 Å². The van der Waals surface area contributed by atoms with Gasteiger partial charge in [-0.1, -0.05) is 6.07 Å². The van der Waals surface area contributed by atoms with E-state index < -0.39 is 23.8 Å². The van der Waals surface area contributed by atoms with Crippen LogP contribution in [0.15, 0.2) is 18.2 Å². The van der Waals surface area contributed by atoms with E-state index in [0.29, 0.717) is 30.8 Å². The maximum absolute atomic E-state index is 12.9. The van der Waals surface area contributed by atoms with E-state index in [-0.39, 0.29) is 30.8 Å². The lowest BCUT2D eigenvalue weighted by atomic mass is 10.0. The highest BCUT2D eigenvalue weighted by molar-refractivity contribution is 6.23. The highest BCUT2D eigenvalue weighted by Crippen LogP contribution is 2.29. The number of imide groups is 2. The minimum atomic E-state index is -0.950. The molecule has 30 heavy (non-hydrogen) atoms. The van der Waals surface area contributed by atoms with Crippen LogP contribution < -0.4 is 11.1 Å². The third kappa shape index (κ3) is 3.64. The molecule has 3 N–H and O–H groups in total. The molecule has 0 bridgehead atoms. The fraction of sp³-hybridized carbons (Fsp3) is 0.524. The van der Waals surface area contributed by atoms with E-state index in [9.17, 15) is 19.2 Å². The molecule has 9 heteroatoms. The van der Waals surface area contributed by atoms with E-state index in [1.54, 1.807) is 12.1 Å². The third-order valence-corrected chi connectivity index (χ3v) is 6.05. The van der Waals surface area contributed by atoms with Crippen molar-refractivity contribution in [3.8, 4) is 0 Å². The van der Waals surface area contributed by atoms with Gasteiger partial charge in [0.2, 0.25) is 11.8 Å². The van der Waals surface area contributed by atoms with Gasteiger partial charge in [-0.3, -0.25) is 34.3 Å². The van der Waals surface area contributed by atoms with Crippen molar-refractivity contribution in [2.45, 2.75) is 38.5 Å². The van der Waals surface area contributed by atoms with Crippen molar-refractivity contribution in [2.24, 2.45) is 11.7 Å². The number of fused-ring (bicyclic) bond motifs is 1. The van der Waals surface area contributed by atoms with Crippen molar-refractivity contribution in [2.75, 3.05) is 26.2 Å². The van der Waals surface area contributed by atoms with Gasteiger partial charge in [-0.25, -0.2) is 0 Å². The van der Waals surface area contributed by atoms with Gasteiger partial charge in [0.15, 0.2) is 0 Å². The number of ether oxygens (including phenoxy) is 1. The summed E-state index contributed by atoms with van der Waals surface area (Å²) in [5, 5.41) is 2.21. The van der Waals surface area contributed by atoms with Crippen molar-refractivity contribution in [1.82, 2.24) is 15.1 Å². The quantitative estimate of drug-likeness (QED) is 0.623. The van der Waals surface area contributed by atoms with Crippen LogP contribution in [0.2, 0.25) is 0 Å². The van der Waals surface area contributed by atoms with E-state index in [1.807, 2.05) is 13.0 Å². The fourth-order valence-electron chi connectivity index (χ4n) is 4.56. The van der Waals surface area contributed by atoms with Crippen molar-refractivity contribution in [1.29, 1.82) is 0 Å². The predicted molar refractivity (Wildman–Crippen MR) is 106 cm³/mol. The first-order valence-corrected chi connectivity index (χ1v) is 10.3. The molecule has 0 spiro atoms. The maximum Gasteiger partial charge on any atom is 0.262 e. The van der Waals surface area contributed by atoms with E-state index in [2.05, 4.69) is 10.2 Å². The Labute approximate surface area is 174 Å². The molecule has 9 nitrogen and oxygen atoms in total. The molecule has 4 rings (SSSR count). The molecule has 3 aliphatic heterocycles. The molecule has 160 valence electrons. The second kappa shape index (κ2) is 8.25. The monoisotopic (exact) mass is 414 g/mol. The van der Waals surface area contributed by atoms with E-state index >= 15 is 0 Å². The topological polar surface area (TPSA) is 122 Å². The van der Waals surface area contributed by atoms with Gasteiger partial charge in [-0.15, -0.1) is 0 Å². The number of benzene rings is 1. The lowest BCUT2D eigenvalue weighted by Crippen LogP contribution is -2.54. The molecule has 0 aliphatic carbocycles. The van der Waals surface area contributed by atoms with E-state index in [0.717, 1.165) is 23.6 Å². The largest absolute Gasteiger partial charge is 0.377 e. The highest BCUT2D eigenvalue weighted by Gasteiger charge is 2.44. The molecule has 0 saturated carbocycles. The van der Waals surface area contributed by atoms with Crippen LogP contribution in [0, 0.1) is 5.92 Å². The number of carbonyl (C=O) groups is 4. The zero-order valence-corrected chi connectivity index (χ0v) is 16.9. The van der Waals surface area contributed by atoms with Gasteiger partial charge in [0, 0.05) is 38.6 Å². The van der Waals surface area contributed by atoms with Gasteiger partial charge < -0.3 is 10.5 Å². The lowest BCUT2D eigenvalue weighted by Gasteiger charge is -2.27. The van der Waals surface area contributed by atoms with Crippen LogP contribution in [0.1, 0.15) is 46.0 Å². The number of amides is 4. The van der Waals surface area contributed by atoms with Crippen molar-refractivity contribution < 1.29 is 23.9 Å². The number of nitrogens with one attached hydrogen (secondary N) is 1. The Hall–Kier alpha value is -2.62. The van der Waals surface area contributed by atoms with Gasteiger partial charge in [0.05, 0.1) is 17.2 Å². The molecule has 1 aromatic rings. The maximum atomic E-state index is 12.9. The summed E-state index contributed by atoms with van der Waals surface area (Å²) in [6.45, 7) is 5.36. The van der Waals surface area contributed by atoms with E-state index in [4.69, 9.17) is 10.5 Å². The average Bonchev–Trinajstić information content (AvgIpc) is 3.21. The summed E-state index contributed by atoms with van der Waals surface area (Å²) in [4.78, 5) is 52.5. The van der Waals surface area contributed by atoms with Gasteiger partial charge in [0.25, 0.3) is 11.8 Å². The molecule has 3 heterocycles. The number of hydrogen-bond acceptors (Lipinski definition) is 7. The Bertz CT molecular complexity index is 901. The summed E-state index contributed by atoms with van der Waals surface area (Å²) in [5.74, 6) is -1.70.